The number of hydrogen-bond acceptors (Lipinski definition) is 4. The van der Waals surface area contributed by atoms with Crippen LogP contribution in [0.3, 0.4) is 0 Å². The summed E-state index contributed by atoms with van der Waals surface area (Å²) < 4.78 is 5.50. The molecule has 2 atom stereocenters. The summed E-state index contributed by atoms with van der Waals surface area (Å²) in [5.41, 5.74) is 0.321. The molecule has 6 nitrogen and oxygen atoms in total. The number of nitrogens with one attached hydrogen (secondary N) is 1. The van der Waals surface area contributed by atoms with Crippen LogP contribution in [0.5, 0.6) is 5.88 Å². The molecule has 1 heterocycles. The fourth-order valence-electron chi connectivity index (χ4n) is 1.25. The monoisotopic (exact) mass is 266 g/mol. The van der Waals surface area contributed by atoms with E-state index in [4.69, 9.17) is 9.84 Å². The zero-order valence-corrected chi connectivity index (χ0v) is 11.2. The van der Waals surface area contributed by atoms with E-state index in [0.717, 1.165) is 6.42 Å². The summed E-state index contributed by atoms with van der Waals surface area (Å²) in [5, 5.41) is 11.1. The minimum Gasteiger partial charge on any atom is -0.480 e. The smallest absolute Gasteiger partial charge is 0.325 e. The number of aromatic nitrogens is 1. The lowest BCUT2D eigenvalue weighted by Crippen LogP contribution is -2.38. The molecule has 104 valence electrons. The minimum atomic E-state index is -1.08. The van der Waals surface area contributed by atoms with Gasteiger partial charge in [-0.2, -0.15) is 0 Å². The van der Waals surface area contributed by atoms with E-state index >= 15 is 0 Å². The molecule has 0 aliphatic heterocycles. The first kappa shape index (κ1) is 14.9. The lowest BCUT2D eigenvalue weighted by atomic mass is 10.2. The Hall–Kier alpha value is -2.11. The van der Waals surface area contributed by atoms with Crippen molar-refractivity contribution in [1.29, 1.82) is 0 Å². The van der Waals surface area contributed by atoms with Gasteiger partial charge in [0.25, 0.3) is 5.91 Å². The second kappa shape index (κ2) is 6.72. The van der Waals surface area contributed by atoms with Crippen LogP contribution in [0, 0.1) is 0 Å². The predicted molar refractivity (Wildman–Crippen MR) is 69.2 cm³/mol. The van der Waals surface area contributed by atoms with E-state index in [9.17, 15) is 9.59 Å². The van der Waals surface area contributed by atoms with Crippen LogP contribution in [0.25, 0.3) is 0 Å². The van der Waals surface area contributed by atoms with Crippen molar-refractivity contribution in [1.82, 2.24) is 10.3 Å². The molecule has 0 aromatic carbocycles. The van der Waals surface area contributed by atoms with Gasteiger partial charge in [-0.3, -0.25) is 9.59 Å². The second-order valence-corrected chi connectivity index (χ2v) is 4.25. The Morgan fingerprint density at radius 3 is 2.74 bits per heavy atom. The quantitative estimate of drug-likeness (QED) is 0.813. The third kappa shape index (κ3) is 4.57. The average Bonchev–Trinajstić information content (AvgIpc) is 2.38. The van der Waals surface area contributed by atoms with Gasteiger partial charge in [0.2, 0.25) is 5.88 Å². The molecule has 1 amide bonds. The maximum Gasteiger partial charge on any atom is 0.325 e. The summed E-state index contributed by atoms with van der Waals surface area (Å²) in [5.74, 6) is -1.20. The van der Waals surface area contributed by atoms with E-state index in [1.165, 1.54) is 25.3 Å². The number of hydrogen-bond donors (Lipinski definition) is 2. The molecule has 0 radical (unpaired) electrons. The third-order valence-corrected chi connectivity index (χ3v) is 2.61. The summed E-state index contributed by atoms with van der Waals surface area (Å²) in [4.78, 5) is 26.5. The van der Waals surface area contributed by atoms with Gasteiger partial charge in [0.1, 0.15) is 6.04 Å². The number of carboxylic acid groups (broad SMARTS) is 1. The van der Waals surface area contributed by atoms with Gasteiger partial charge in [-0.1, -0.05) is 6.92 Å². The van der Waals surface area contributed by atoms with Crippen LogP contribution >= 0.6 is 0 Å². The van der Waals surface area contributed by atoms with E-state index < -0.39 is 17.9 Å². The first-order valence-corrected chi connectivity index (χ1v) is 6.10. The molecular formula is C13H18N2O4. The lowest BCUT2D eigenvalue weighted by molar-refractivity contribution is -0.138. The maximum atomic E-state index is 11.8. The molecule has 2 N–H and O–H groups in total. The molecule has 0 aliphatic carbocycles. The molecule has 1 aromatic rings. The van der Waals surface area contributed by atoms with Crippen LogP contribution in [0.2, 0.25) is 0 Å². The molecular weight excluding hydrogens is 248 g/mol. The second-order valence-electron chi connectivity index (χ2n) is 4.25. The Kier molecular flexibility index (Phi) is 5.29. The highest BCUT2D eigenvalue weighted by Gasteiger charge is 2.16. The zero-order valence-electron chi connectivity index (χ0n) is 11.2. The van der Waals surface area contributed by atoms with Crippen molar-refractivity contribution in [2.75, 3.05) is 0 Å². The summed E-state index contributed by atoms with van der Waals surface area (Å²) in [7, 11) is 0. The number of rotatable bonds is 6. The highest BCUT2D eigenvalue weighted by molar-refractivity contribution is 5.96. The molecule has 0 aliphatic rings. The summed E-state index contributed by atoms with van der Waals surface area (Å²) >= 11 is 0. The van der Waals surface area contributed by atoms with Gasteiger partial charge in [0.15, 0.2) is 0 Å². The topological polar surface area (TPSA) is 88.5 Å². The van der Waals surface area contributed by atoms with Crippen molar-refractivity contribution in [3.05, 3.63) is 23.9 Å². The molecule has 0 saturated carbocycles. The predicted octanol–water partition coefficient (Wildman–Crippen LogP) is 1.46. The third-order valence-electron chi connectivity index (χ3n) is 2.61. The normalized spacial score (nSPS) is 13.4. The maximum absolute atomic E-state index is 11.8. The fourth-order valence-corrected chi connectivity index (χ4v) is 1.25. The first-order chi connectivity index (χ1) is 8.93. The number of carboxylic acids is 1. The van der Waals surface area contributed by atoms with Crippen molar-refractivity contribution >= 4 is 11.9 Å². The van der Waals surface area contributed by atoms with Gasteiger partial charge in [-0.25, -0.2) is 4.98 Å². The van der Waals surface area contributed by atoms with E-state index in [1.54, 1.807) is 0 Å². The number of ether oxygens (including phenoxy) is 1. The van der Waals surface area contributed by atoms with Gasteiger partial charge in [-0.05, 0) is 26.3 Å². The van der Waals surface area contributed by atoms with E-state index in [0.29, 0.717) is 11.4 Å². The molecule has 1 rings (SSSR count). The number of amides is 1. The number of carbonyl (C=O) groups is 2. The summed E-state index contributed by atoms with van der Waals surface area (Å²) in [6, 6.07) is 2.06. The Labute approximate surface area is 111 Å². The first-order valence-electron chi connectivity index (χ1n) is 6.10. The van der Waals surface area contributed by atoms with Gasteiger partial charge in [0.05, 0.1) is 6.10 Å². The molecule has 19 heavy (non-hydrogen) atoms. The van der Waals surface area contributed by atoms with Crippen molar-refractivity contribution in [3.8, 4) is 5.88 Å². The molecule has 0 fully saturated rings. The Bertz CT molecular complexity index is 462. The molecule has 0 spiro atoms. The van der Waals surface area contributed by atoms with Crippen molar-refractivity contribution in [2.45, 2.75) is 39.3 Å². The Morgan fingerprint density at radius 2 is 2.16 bits per heavy atom. The largest absolute Gasteiger partial charge is 0.480 e. The molecule has 0 saturated heterocycles. The van der Waals surface area contributed by atoms with Crippen LogP contribution in [0.15, 0.2) is 18.3 Å². The van der Waals surface area contributed by atoms with E-state index in [2.05, 4.69) is 10.3 Å². The number of nitrogens with zero attached hydrogens (tertiary/aromatic N) is 1. The van der Waals surface area contributed by atoms with Crippen LogP contribution in [-0.4, -0.2) is 34.1 Å². The Balaban J connectivity index is 2.75. The van der Waals surface area contributed by atoms with Crippen molar-refractivity contribution in [2.24, 2.45) is 0 Å². The van der Waals surface area contributed by atoms with Crippen LogP contribution in [0.1, 0.15) is 37.6 Å². The fraction of sp³-hybridized carbons (Fsp3) is 0.462. The highest BCUT2D eigenvalue weighted by Crippen LogP contribution is 2.12. The summed E-state index contributed by atoms with van der Waals surface area (Å²) in [6.45, 7) is 5.29. The molecule has 6 heteroatoms. The van der Waals surface area contributed by atoms with Crippen LogP contribution in [0.4, 0.5) is 0 Å². The molecule has 2 unspecified atom stereocenters. The van der Waals surface area contributed by atoms with Gasteiger partial charge >= 0.3 is 5.97 Å². The lowest BCUT2D eigenvalue weighted by Gasteiger charge is -2.13. The van der Waals surface area contributed by atoms with E-state index in [1.807, 2.05) is 13.8 Å². The minimum absolute atomic E-state index is 0.00348. The molecule has 0 bridgehead atoms. The van der Waals surface area contributed by atoms with Gasteiger partial charge < -0.3 is 15.2 Å². The van der Waals surface area contributed by atoms with Crippen LogP contribution in [-0.2, 0) is 4.79 Å². The highest BCUT2D eigenvalue weighted by atomic mass is 16.5. The summed E-state index contributed by atoms with van der Waals surface area (Å²) in [6.07, 6.45) is 2.29. The van der Waals surface area contributed by atoms with Gasteiger partial charge in [-0.15, -0.1) is 0 Å². The number of aliphatic carboxylic acids is 1. The SMILES string of the molecule is CCC(C)Oc1cc(C(=O)NC(C)C(=O)O)ccn1. The van der Waals surface area contributed by atoms with Crippen molar-refractivity contribution in [3.63, 3.8) is 0 Å². The molecule has 1 aromatic heterocycles. The number of pyridine rings is 1. The van der Waals surface area contributed by atoms with E-state index in [-0.39, 0.29) is 6.10 Å². The van der Waals surface area contributed by atoms with Crippen molar-refractivity contribution < 1.29 is 19.4 Å². The van der Waals surface area contributed by atoms with Crippen LogP contribution < -0.4 is 10.1 Å². The zero-order chi connectivity index (χ0) is 14.4. The standard InChI is InChI=1S/C13H18N2O4/c1-4-8(2)19-11-7-10(5-6-14-11)12(16)15-9(3)13(17)18/h5-9H,4H2,1-3H3,(H,15,16)(H,17,18). The average molecular weight is 266 g/mol. The number of carbonyl (C=O) groups excluding carboxylic acids is 1. The Morgan fingerprint density at radius 1 is 1.47 bits per heavy atom. The van der Waals surface area contributed by atoms with Gasteiger partial charge in [0, 0.05) is 17.8 Å².